The lowest BCUT2D eigenvalue weighted by atomic mass is 9.84. The first-order valence-corrected chi connectivity index (χ1v) is 7.23. The molecular formula is C16H24O4. The van der Waals surface area contributed by atoms with E-state index in [0.717, 1.165) is 32.1 Å². The Morgan fingerprint density at radius 2 is 1.90 bits per heavy atom. The molecule has 0 spiro atoms. The van der Waals surface area contributed by atoms with Gasteiger partial charge < -0.3 is 9.84 Å². The summed E-state index contributed by atoms with van der Waals surface area (Å²) >= 11 is 0. The predicted octanol–water partition coefficient (Wildman–Crippen LogP) is 2.71. The van der Waals surface area contributed by atoms with Gasteiger partial charge in [0.05, 0.1) is 0 Å². The molecule has 1 aliphatic carbocycles. The molecule has 0 aromatic carbocycles. The first-order chi connectivity index (χ1) is 9.52. The normalized spacial score (nSPS) is 21.8. The highest BCUT2D eigenvalue weighted by atomic mass is 16.6. The van der Waals surface area contributed by atoms with Gasteiger partial charge in [-0.25, -0.2) is 0 Å². The van der Waals surface area contributed by atoms with Crippen LogP contribution in [0.2, 0.25) is 0 Å². The third-order valence-electron chi connectivity index (χ3n) is 3.49. The summed E-state index contributed by atoms with van der Waals surface area (Å²) in [5.41, 5.74) is -0.490. The molecule has 1 atom stereocenters. The number of rotatable bonds is 8. The van der Waals surface area contributed by atoms with Crippen molar-refractivity contribution in [1.82, 2.24) is 0 Å². The fourth-order valence-corrected chi connectivity index (χ4v) is 2.45. The fourth-order valence-electron chi connectivity index (χ4n) is 2.45. The van der Waals surface area contributed by atoms with Gasteiger partial charge in [-0.1, -0.05) is 31.4 Å². The van der Waals surface area contributed by atoms with Crippen molar-refractivity contribution in [3.05, 3.63) is 23.8 Å². The molecule has 0 bridgehead atoms. The van der Waals surface area contributed by atoms with Crippen LogP contribution < -0.4 is 0 Å². The van der Waals surface area contributed by atoms with Gasteiger partial charge in [0.2, 0.25) is 5.78 Å². The second-order valence-electron chi connectivity index (χ2n) is 5.26. The number of unbranched alkanes of at least 4 members (excludes halogenated alkanes) is 4. The van der Waals surface area contributed by atoms with Gasteiger partial charge in [0, 0.05) is 13.5 Å². The van der Waals surface area contributed by atoms with E-state index in [4.69, 9.17) is 9.84 Å². The van der Waals surface area contributed by atoms with E-state index in [0.29, 0.717) is 12.0 Å². The first kappa shape index (κ1) is 16.6. The minimum absolute atomic E-state index is 0.120. The minimum atomic E-state index is -1.11. The van der Waals surface area contributed by atoms with E-state index in [1.54, 1.807) is 25.2 Å². The highest BCUT2D eigenvalue weighted by Gasteiger charge is 2.40. The van der Waals surface area contributed by atoms with Crippen molar-refractivity contribution < 1.29 is 19.4 Å². The number of ketones is 1. The lowest BCUT2D eigenvalue weighted by molar-refractivity contribution is -0.159. The van der Waals surface area contributed by atoms with E-state index >= 15 is 0 Å². The topological polar surface area (TPSA) is 63.6 Å². The van der Waals surface area contributed by atoms with Crippen molar-refractivity contribution in [2.75, 3.05) is 6.61 Å². The van der Waals surface area contributed by atoms with Crippen LogP contribution in [0.5, 0.6) is 0 Å². The first-order valence-electron chi connectivity index (χ1n) is 7.23. The van der Waals surface area contributed by atoms with Crippen molar-refractivity contribution in [3.8, 4) is 0 Å². The molecule has 1 N–H and O–H groups in total. The summed E-state index contributed by atoms with van der Waals surface area (Å²) in [6.07, 6.45) is 10.3. The van der Waals surface area contributed by atoms with Crippen LogP contribution in [0.25, 0.3) is 0 Å². The summed E-state index contributed by atoms with van der Waals surface area (Å²) in [7, 11) is 0. The fraction of sp³-hybridized carbons (Fsp3) is 0.625. The minimum Gasteiger partial charge on any atom is -0.447 e. The molecule has 1 aliphatic rings. The van der Waals surface area contributed by atoms with Gasteiger partial charge in [-0.15, -0.1) is 0 Å². The molecule has 20 heavy (non-hydrogen) atoms. The van der Waals surface area contributed by atoms with Crippen LogP contribution in [-0.4, -0.2) is 29.1 Å². The number of carbonyl (C=O) groups excluding carboxylic acids is 2. The van der Waals surface area contributed by atoms with Crippen LogP contribution in [0.4, 0.5) is 0 Å². The summed E-state index contributed by atoms with van der Waals surface area (Å²) in [4.78, 5) is 23.6. The molecular weight excluding hydrogens is 256 g/mol. The van der Waals surface area contributed by atoms with Gasteiger partial charge in [-0.3, -0.25) is 9.59 Å². The van der Waals surface area contributed by atoms with Crippen molar-refractivity contribution in [1.29, 1.82) is 0 Å². The summed E-state index contributed by atoms with van der Waals surface area (Å²) in [5, 5.41) is 8.71. The summed E-state index contributed by atoms with van der Waals surface area (Å²) in [6.45, 7) is 3.30. The van der Waals surface area contributed by atoms with Crippen LogP contribution in [-0.2, 0) is 14.3 Å². The zero-order chi connectivity index (χ0) is 15.0. The number of hydrogen-bond donors (Lipinski definition) is 1. The lowest BCUT2D eigenvalue weighted by Gasteiger charge is -2.30. The molecule has 0 aliphatic heterocycles. The lowest BCUT2D eigenvalue weighted by Crippen LogP contribution is -2.42. The van der Waals surface area contributed by atoms with Gasteiger partial charge in [0.1, 0.15) is 0 Å². The van der Waals surface area contributed by atoms with E-state index in [1.165, 1.54) is 6.92 Å². The number of aliphatic hydroxyl groups is 1. The number of carbonyl (C=O) groups is 2. The molecule has 0 aromatic heterocycles. The Kier molecular flexibility index (Phi) is 6.65. The number of ether oxygens (including phenoxy) is 1. The Morgan fingerprint density at radius 3 is 2.55 bits per heavy atom. The summed E-state index contributed by atoms with van der Waals surface area (Å²) in [6, 6.07) is 0. The molecule has 0 aromatic rings. The zero-order valence-corrected chi connectivity index (χ0v) is 12.4. The van der Waals surface area contributed by atoms with Crippen molar-refractivity contribution in [2.24, 2.45) is 0 Å². The molecule has 0 amide bonds. The van der Waals surface area contributed by atoms with Crippen LogP contribution in [0.1, 0.15) is 52.4 Å². The van der Waals surface area contributed by atoms with Crippen molar-refractivity contribution in [2.45, 2.75) is 58.0 Å². The Morgan fingerprint density at radius 1 is 1.25 bits per heavy atom. The Balaban J connectivity index is 2.57. The van der Waals surface area contributed by atoms with E-state index in [9.17, 15) is 9.59 Å². The second-order valence-corrected chi connectivity index (χ2v) is 5.26. The quantitative estimate of drug-likeness (QED) is 0.548. The van der Waals surface area contributed by atoms with Crippen LogP contribution in [0.15, 0.2) is 23.8 Å². The molecule has 1 unspecified atom stereocenters. The van der Waals surface area contributed by atoms with E-state index in [-0.39, 0.29) is 12.4 Å². The van der Waals surface area contributed by atoms with Crippen LogP contribution >= 0.6 is 0 Å². The van der Waals surface area contributed by atoms with Crippen molar-refractivity contribution in [3.63, 3.8) is 0 Å². The van der Waals surface area contributed by atoms with E-state index < -0.39 is 11.6 Å². The van der Waals surface area contributed by atoms with Gasteiger partial charge in [0.25, 0.3) is 0 Å². The van der Waals surface area contributed by atoms with Crippen LogP contribution in [0, 0.1) is 0 Å². The Bertz CT molecular complexity index is 409. The van der Waals surface area contributed by atoms with E-state index in [1.807, 2.05) is 0 Å². The maximum Gasteiger partial charge on any atom is 0.303 e. The smallest absolute Gasteiger partial charge is 0.303 e. The second kappa shape index (κ2) is 8.00. The molecule has 4 heteroatoms. The maximum absolute atomic E-state index is 12.3. The molecule has 112 valence electrons. The van der Waals surface area contributed by atoms with Gasteiger partial charge >= 0.3 is 5.97 Å². The molecule has 0 fully saturated rings. The largest absolute Gasteiger partial charge is 0.447 e. The summed E-state index contributed by atoms with van der Waals surface area (Å²) < 4.78 is 5.33. The summed E-state index contributed by atoms with van der Waals surface area (Å²) in [5.74, 6) is -0.552. The molecule has 0 heterocycles. The highest BCUT2D eigenvalue weighted by molar-refractivity contribution is 6.05. The van der Waals surface area contributed by atoms with Crippen LogP contribution in [0.3, 0.4) is 0 Å². The standard InChI is InChI=1S/C16H24O4/c1-13-9-8-11-16(15(13)19,20-14(2)18)10-6-4-3-5-7-12-17/h8-9,11,17H,3-7,10,12H2,1-2H3. The van der Waals surface area contributed by atoms with Gasteiger partial charge in [0.15, 0.2) is 5.60 Å². The molecule has 1 rings (SSSR count). The molecule has 4 nitrogen and oxygen atoms in total. The Hall–Kier alpha value is -1.42. The van der Waals surface area contributed by atoms with Gasteiger partial charge in [-0.05, 0) is 37.8 Å². The SMILES string of the molecule is CC(=O)OC1(CCCCCCCO)C=CC=C(C)C1=O. The number of allylic oxidation sites excluding steroid dienone is 2. The van der Waals surface area contributed by atoms with E-state index in [2.05, 4.69) is 0 Å². The maximum atomic E-state index is 12.3. The number of esters is 1. The number of Topliss-reactive ketones (excluding diaryl/α,β-unsaturated/α-hetero) is 1. The molecule has 0 radical (unpaired) electrons. The average molecular weight is 280 g/mol. The van der Waals surface area contributed by atoms with Gasteiger partial charge in [-0.2, -0.15) is 0 Å². The van der Waals surface area contributed by atoms with Crippen molar-refractivity contribution >= 4 is 11.8 Å². The third kappa shape index (κ3) is 4.60. The average Bonchev–Trinajstić information content (AvgIpc) is 2.39. The zero-order valence-electron chi connectivity index (χ0n) is 12.4. The molecule has 0 saturated heterocycles. The highest BCUT2D eigenvalue weighted by Crippen LogP contribution is 2.29. The number of hydrogen-bond acceptors (Lipinski definition) is 4. The monoisotopic (exact) mass is 280 g/mol. The predicted molar refractivity (Wildman–Crippen MR) is 77.2 cm³/mol. The Labute approximate surface area is 120 Å². The third-order valence-corrected chi connectivity index (χ3v) is 3.49. The number of aliphatic hydroxyl groups excluding tert-OH is 1. The molecule has 0 saturated carbocycles.